The molecule has 0 saturated heterocycles. The molecule has 0 saturated carbocycles. The van der Waals surface area contributed by atoms with Crippen LogP contribution in [-0.4, -0.2) is 23.1 Å². The zero-order valence-electron chi connectivity index (χ0n) is 17.5. The van der Waals surface area contributed by atoms with Crippen LogP contribution in [0.25, 0.3) is 0 Å². The summed E-state index contributed by atoms with van der Waals surface area (Å²) >= 11 is 0. The van der Waals surface area contributed by atoms with Crippen molar-refractivity contribution in [1.29, 1.82) is 0 Å². The van der Waals surface area contributed by atoms with E-state index in [1.807, 2.05) is 24.3 Å². The molecular weight excluding hydrogens is 332 g/mol. The maximum Gasteiger partial charge on any atom is 0.117 e. The molecule has 0 fully saturated rings. The number of phenolic OH excluding ortho intramolecular Hbond substituents is 1. The van der Waals surface area contributed by atoms with Crippen molar-refractivity contribution in [3.63, 3.8) is 0 Å². The fourth-order valence-electron chi connectivity index (χ4n) is 3.37. The lowest BCUT2D eigenvalue weighted by Gasteiger charge is -2.26. The Labute approximate surface area is 165 Å². The van der Waals surface area contributed by atoms with Crippen molar-refractivity contribution in [2.75, 3.05) is 18.4 Å². The second-order valence-corrected chi connectivity index (χ2v) is 6.90. The second-order valence-electron chi connectivity index (χ2n) is 6.90. The fraction of sp³-hybridized carbons (Fsp3) is 0.417. The first-order valence-electron chi connectivity index (χ1n) is 9.89. The van der Waals surface area contributed by atoms with Gasteiger partial charge in [-0.1, -0.05) is 44.2 Å². The van der Waals surface area contributed by atoms with Gasteiger partial charge in [0.15, 0.2) is 0 Å². The number of rotatable bonds is 12. The molecule has 1 atom stereocenters. The summed E-state index contributed by atoms with van der Waals surface area (Å²) in [5.41, 5.74) is 4.52. The molecule has 0 aliphatic heterocycles. The Morgan fingerprint density at radius 1 is 1.22 bits per heavy atom. The lowest BCUT2D eigenvalue weighted by molar-refractivity contribution is 0.449. The lowest BCUT2D eigenvalue weighted by Crippen LogP contribution is -2.19. The van der Waals surface area contributed by atoms with Gasteiger partial charge in [-0.15, -0.1) is 0 Å². The van der Waals surface area contributed by atoms with E-state index in [1.54, 1.807) is 12.1 Å². The molecule has 27 heavy (non-hydrogen) atoms. The summed E-state index contributed by atoms with van der Waals surface area (Å²) in [6, 6.07) is 7.26. The minimum atomic E-state index is 0.288. The molecule has 0 aliphatic carbocycles. The minimum Gasteiger partial charge on any atom is -0.508 e. The standard InChI is InChI=1S/C24H36N2O/c1-7-11-20(5)26(9-3)21(6)17-19(4)22(12-8-2)15-16-25-23-13-10-14-24(27)18-23/h7,10-11,13-14,17-18,22,25,27H,1,4,8-9,12,15-16H2,2-3,5-6H3/b20-11?,21-17-. The van der Waals surface area contributed by atoms with Gasteiger partial charge in [0.1, 0.15) is 5.75 Å². The van der Waals surface area contributed by atoms with Gasteiger partial charge >= 0.3 is 0 Å². The van der Waals surface area contributed by atoms with Crippen LogP contribution in [0.1, 0.15) is 47.0 Å². The van der Waals surface area contributed by atoms with Crippen molar-refractivity contribution in [2.24, 2.45) is 5.92 Å². The molecular formula is C24H36N2O. The van der Waals surface area contributed by atoms with Gasteiger partial charge in [-0.25, -0.2) is 0 Å². The quantitative estimate of drug-likeness (QED) is 0.414. The summed E-state index contributed by atoms with van der Waals surface area (Å²) in [5, 5.41) is 13.0. The number of allylic oxidation sites excluding steroid dienone is 6. The highest BCUT2D eigenvalue weighted by atomic mass is 16.3. The van der Waals surface area contributed by atoms with E-state index >= 15 is 0 Å². The minimum absolute atomic E-state index is 0.288. The molecule has 0 amide bonds. The molecule has 0 bridgehead atoms. The number of anilines is 1. The van der Waals surface area contributed by atoms with Gasteiger partial charge in [-0.05, 0) is 63.8 Å². The van der Waals surface area contributed by atoms with E-state index in [-0.39, 0.29) is 5.75 Å². The van der Waals surface area contributed by atoms with Gasteiger partial charge in [-0.2, -0.15) is 0 Å². The van der Waals surface area contributed by atoms with Gasteiger partial charge in [0, 0.05) is 36.2 Å². The number of benzene rings is 1. The van der Waals surface area contributed by atoms with Crippen LogP contribution in [-0.2, 0) is 0 Å². The number of hydrogen-bond donors (Lipinski definition) is 2. The Balaban J connectivity index is 2.75. The Hall–Kier alpha value is -2.42. The first kappa shape index (κ1) is 22.6. The third kappa shape index (κ3) is 7.78. The van der Waals surface area contributed by atoms with Gasteiger partial charge in [0.05, 0.1) is 0 Å². The van der Waals surface area contributed by atoms with Gasteiger partial charge in [-0.3, -0.25) is 0 Å². The van der Waals surface area contributed by atoms with E-state index in [1.165, 1.54) is 17.0 Å². The molecule has 0 spiro atoms. The molecule has 1 rings (SSSR count). The normalized spacial score (nSPS) is 13.2. The van der Waals surface area contributed by atoms with Crippen LogP contribution in [0.2, 0.25) is 0 Å². The fourth-order valence-corrected chi connectivity index (χ4v) is 3.37. The average molecular weight is 369 g/mol. The van der Waals surface area contributed by atoms with E-state index in [9.17, 15) is 5.11 Å². The molecule has 148 valence electrons. The van der Waals surface area contributed by atoms with Crippen molar-refractivity contribution < 1.29 is 5.11 Å². The molecule has 0 aromatic heterocycles. The van der Waals surface area contributed by atoms with E-state index in [4.69, 9.17) is 0 Å². The SMILES string of the molecule is C=CC=C(C)N(CC)/C(C)=C\C(=C)C(CCC)CCNc1cccc(O)c1. The molecule has 3 heteroatoms. The van der Waals surface area contributed by atoms with Gasteiger partial charge in [0.25, 0.3) is 0 Å². The zero-order valence-corrected chi connectivity index (χ0v) is 17.5. The third-order valence-corrected chi connectivity index (χ3v) is 4.75. The van der Waals surface area contributed by atoms with Crippen LogP contribution in [0.15, 0.2) is 72.6 Å². The summed E-state index contributed by atoms with van der Waals surface area (Å²) in [6.07, 6.45) is 9.35. The Morgan fingerprint density at radius 2 is 1.96 bits per heavy atom. The molecule has 1 aromatic rings. The Kier molecular flexibility index (Phi) is 10.1. The van der Waals surface area contributed by atoms with Crippen molar-refractivity contribution in [3.8, 4) is 5.75 Å². The van der Waals surface area contributed by atoms with Crippen LogP contribution in [0.3, 0.4) is 0 Å². The second kappa shape index (κ2) is 12.1. The van der Waals surface area contributed by atoms with E-state index in [2.05, 4.69) is 57.1 Å². The highest BCUT2D eigenvalue weighted by molar-refractivity contribution is 5.47. The number of hydrogen-bond acceptors (Lipinski definition) is 3. The summed E-state index contributed by atoms with van der Waals surface area (Å²) in [5.74, 6) is 0.729. The highest BCUT2D eigenvalue weighted by Gasteiger charge is 2.12. The number of phenols is 1. The molecule has 0 radical (unpaired) electrons. The first-order valence-corrected chi connectivity index (χ1v) is 9.89. The Morgan fingerprint density at radius 3 is 2.56 bits per heavy atom. The largest absolute Gasteiger partial charge is 0.508 e. The highest BCUT2D eigenvalue weighted by Crippen LogP contribution is 2.24. The maximum absolute atomic E-state index is 9.57. The maximum atomic E-state index is 9.57. The number of nitrogens with zero attached hydrogens (tertiary/aromatic N) is 1. The smallest absolute Gasteiger partial charge is 0.117 e. The molecule has 3 nitrogen and oxygen atoms in total. The molecule has 0 heterocycles. The molecule has 0 aliphatic rings. The van der Waals surface area contributed by atoms with E-state index in [0.717, 1.165) is 38.0 Å². The average Bonchev–Trinajstić information content (AvgIpc) is 2.61. The summed E-state index contributed by atoms with van der Waals surface area (Å²) in [7, 11) is 0. The number of nitrogens with one attached hydrogen (secondary N) is 1. The zero-order chi connectivity index (χ0) is 20.2. The van der Waals surface area contributed by atoms with Crippen LogP contribution in [0.5, 0.6) is 5.75 Å². The predicted molar refractivity (Wildman–Crippen MR) is 119 cm³/mol. The first-order chi connectivity index (χ1) is 12.9. The topological polar surface area (TPSA) is 35.5 Å². The monoisotopic (exact) mass is 368 g/mol. The predicted octanol–water partition coefficient (Wildman–Crippen LogP) is 6.48. The van der Waals surface area contributed by atoms with Crippen molar-refractivity contribution in [2.45, 2.75) is 47.0 Å². The van der Waals surface area contributed by atoms with Crippen LogP contribution in [0, 0.1) is 5.92 Å². The molecule has 1 unspecified atom stereocenters. The summed E-state index contributed by atoms with van der Waals surface area (Å²) in [6.45, 7) is 18.6. The van der Waals surface area contributed by atoms with Crippen molar-refractivity contribution >= 4 is 5.69 Å². The van der Waals surface area contributed by atoms with Crippen LogP contribution < -0.4 is 5.32 Å². The van der Waals surface area contributed by atoms with Crippen LogP contribution in [0.4, 0.5) is 5.69 Å². The van der Waals surface area contributed by atoms with E-state index < -0.39 is 0 Å². The third-order valence-electron chi connectivity index (χ3n) is 4.75. The lowest BCUT2D eigenvalue weighted by atomic mass is 9.91. The van der Waals surface area contributed by atoms with Crippen molar-refractivity contribution in [3.05, 3.63) is 72.6 Å². The number of aromatic hydroxyl groups is 1. The Bertz CT molecular complexity index is 673. The van der Waals surface area contributed by atoms with Crippen molar-refractivity contribution in [1.82, 2.24) is 4.90 Å². The molecule has 1 aromatic carbocycles. The summed E-state index contributed by atoms with van der Waals surface area (Å²) < 4.78 is 0. The van der Waals surface area contributed by atoms with Gasteiger partial charge < -0.3 is 15.3 Å². The van der Waals surface area contributed by atoms with Gasteiger partial charge in [0.2, 0.25) is 0 Å². The van der Waals surface area contributed by atoms with E-state index in [0.29, 0.717) is 5.92 Å². The molecule has 2 N–H and O–H groups in total. The van der Waals surface area contributed by atoms with Crippen LogP contribution >= 0.6 is 0 Å². The summed E-state index contributed by atoms with van der Waals surface area (Å²) in [4.78, 5) is 2.28.